The van der Waals surface area contributed by atoms with E-state index < -0.39 is 6.10 Å². The second-order valence-corrected chi connectivity index (χ2v) is 18.8. The molecule has 0 saturated heterocycles. The smallest absolute Gasteiger partial charge is 0.306 e. The molecule has 0 aliphatic heterocycles. The molecule has 0 radical (unpaired) electrons. The van der Waals surface area contributed by atoms with Gasteiger partial charge in [0.25, 0.3) is 0 Å². The summed E-state index contributed by atoms with van der Waals surface area (Å²) in [7, 11) is 0. The molecule has 6 nitrogen and oxygen atoms in total. The standard InChI is InChI=1S/C58H106O6/c1-4-7-10-13-15-17-19-21-23-24-25-26-27-28-29-30-31-32-33-34-35-37-38-40-42-45-48-51-57(60)63-54-55(53-62-56(59)50-47-44-12-9-6-3)64-58(61)52-49-46-43-41-39-36-22-20-18-16-14-11-8-5-2/h19-22,24-25,55H,4-18,23,26-54H2,1-3H3/b21-19-,22-20-,25-24-. The van der Waals surface area contributed by atoms with E-state index in [0.717, 1.165) is 77.0 Å². The Hall–Kier alpha value is -2.37. The molecule has 6 heteroatoms. The van der Waals surface area contributed by atoms with Gasteiger partial charge in [-0.2, -0.15) is 0 Å². The minimum atomic E-state index is -0.770. The number of esters is 3. The van der Waals surface area contributed by atoms with Gasteiger partial charge in [-0.25, -0.2) is 0 Å². The molecule has 0 bridgehead atoms. The topological polar surface area (TPSA) is 78.9 Å². The van der Waals surface area contributed by atoms with Crippen LogP contribution in [0.25, 0.3) is 0 Å². The van der Waals surface area contributed by atoms with Crippen LogP contribution in [0.15, 0.2) is 36.5 Å². The average Bonchev–Trinajstić information content (AvgIpc) is 3.29. The third kappa shape index (κ3) is 50.6. The molecule has 0 aliphatic rings. The number of rotatable bonds is 51. The van der Waals surface area contributed by atoms with Crippen molar-refractivity contribution in [2.45, 2.75) is 303 Å². The minimum absolute atomic E-state index is 0.0732. The van der Waals surface area contributed by atoms with Gasteiger partial charge in [0.15, 0.2) is 6.10 Å². The van der Waals surface area contributed by atoms with Gasteiger partial charge >= 0.3 is 17.9 Å². The fourth-order valence-electron chi connectivity index (χ4n) is 8.12. The zero-order valence-corrected chi connectivity index (χ0v) is 42.8. The lowest BCUT2D eigenvalue weighted by molar-refractivity contribution is -0.167. The van der Waals surface area contributed by atoms with Crippen LogP contribution in [0.1, 0.15) is 297 Å². The van der Waals surface area contributed by atoms with E-state index in [1.807, 2.05) is 0 Å². The van der Waals surface area contributed by atoms with E-state index in [2.05, 4.69) is 57.2 Å². The van der Waals surface area contributed by atoms with Crippen LogP contribution in [0, 0.1) is 0 Å². The van der Waals surface area contributed by atoms with Crippen molar-refractivity contribution in [3.63, 3.8) is 0 Å². The molecular formula is C58H106O6. The fraction of sp³-hybridized carbons (Fsp3) is 0.845. The van der Waals surface area contributed by atoms with Gasteiger partial charge in [0, 0.05) is 19.3 Å². The SMILES string of the molecule is CCCCCCC/C=C\C/C=C\CCCCCCCCCCCCCCCCCC(=O)OCC(COC(=O)CCCCCCC)OC(=O)CCCCCCC/C=C\CCCCCCC. The molecule has 0 aromatic rings. The lowest BCUT2D eigenvalue weighted by atomic mass is 10.0. The quantitative estimate of drug-likeness (QED) is 0.0262. The van der Waals surface area contributed by atoms with E-state index in [4.69, 9.17) is 14.2 Å². The van der Waals surface area contributed by atoms with Crippen LogP contribution in [0.4, 0.5) is 0 Å². The summed E-state index contributed by atoms with van der Waals surface area (Å²) in [5, 5.41) is 0. The van der Waals surface area contributed by atoms with Crippen LogP contribution < -0.4 is 0 Å². The van der Waals surface area contributed by atoms with Crippen molar-refractivity contribution in [2.24, 2.45) is 0 Å². The van der Waals surface area contributed by atoms with Crippen LogP contribution in [-0.4, -0.2) is 37.2 Å². The van der Waals surface area contributed by atoms with Crippen molar-refractivity contribution in [3.8, 4) is 0 Å². The molecule has 0 fully saturated rings. The van der Waals surface area contributed by atoms with Gasteiger partial charge < -0.3 is 14.2 Å². The largest absolute Gasteiger partial charge is 0.462 e. The molecule has 0 spiro atoms. The van der Waals surface area contributed by atoms with Gasteiger partial charge in [-0.15, -0.1) is 0 Å². The number of carbonyl (C=O) groups is 3. The molecule has 1 unspecified atom stereocenters. The lowest BCUT2D eigenvalue weighted by Crippen LogP contribution is -2.30. The molecule has 0 heterocycles. The summed E-state index contributed by atoms with van der Waals surface area (Å²) in [6, 6.07) is 0. The van der Waals surface area contributed by atoms with Crippen LogP contribution >= 0.6 is 0 Å². The van der Waals surface area contributed by atoms with E-state index in [0.29, 0.717) is 19.3 Å². The van der Waals surface area contributed by atoms with Gasteiger partial charge in [0.1, 0.15) is 13.2 Å². The van der Waals surface area contributed by atoms with Crippen molar-refractivity contribution in [3.05, 3.63) is 36.5 Å². The number of carbonyl (C=O) groups excluding carboxylic acids is 3. The Labute approximate surface area is 397 Å². The molecule has 1 atom stereocenters. The van der Waals surface area contributed by atoms with Gasteiger partial charge in [-0.1, -0.05) is 237 Å². The number of allylic oxidation sites excluding steroid dienone is 6. The maximum atomic E-state index is 12.7. The summed E-state index contributed by atoms with van der Waals surface area (Å²) in [5.41, 5.74) is 0. The molecular weight excluding hydrogens is 793 g/mol. The average molecular weight is 899 g/mol. The van der Waals surface area contributed by atoms with Crippen LogP contribution in [0.2, 0.25) is 0 Å². The molecule has 0 saturated carbocycles. The zero-order valence-electron chi connectivity index (χ0n) is 42.8. The summed E-state index contributed by atoms with van der Waals surface area (Å²) >= 11 is 0. The molecule has 0 aliphatic carbocycles. The first kappa shape index (κ1) is 61.6. The summed E-state index contributed by atoms with van der Waals surface area (Å²) < 4.78 is 16.7. The normalized spacial score (nSPS) is 12.2. The Balaban J connectivity index is 4.00. The second kappa shape index (κ2) is 53.2. The summed E-state index contributed by atoms with van der Waals surface area (Å²) in [6.07, 6.45) is 63.3. The highest BCUT2D eigenvalue weighted by Gasteiger charge is 2.19. The van der Waals surface area contributed by atoms with Crippen molar-refractivity contribution in [1.29, 1.82) is 0 Å². The third-order valence-corrected chi connectivity index (χ3v) is 12.4. The number of hydrogen-bond donors (Lipinski definition) is 0. The maximum Gasteiger partial charge on any atom is 0.306 e. The molecule has 0 amide bonds. The third-order valence-electron chi connectivity index (χ3n) is 12.4. The number of hydrogen-bond acceptors (Lipinski definition) is 6. The number of unbranched alkanes of at least 4 members (excludes halogenated alkanes) is 34. The van der Waals surface area contributed by atoms with E-state index in [-0.39, 0.29) is 31.1 Å². The molecule has 64 heavy (non-hydrogen) atoms. The zero-order chi connectivity index (χ0) is 46.5. The van der Waals surface area contributed by atoms with Crippen LogP contribution in [0.5, 0.6) is 0 Å². The summed E-state index contributed by atoms with van der Waals surface area (Å²) in [4.78, 5) is 37.7. The Morgan fingerprint density at radius 1 is 0.312 bits per heavy atom. The van der Waals surface area contributed by atoms with E-state index in [1.54, 1.807) is 0 Å². The van der Waals surface area contributed by atoms with Gasteiger partial charge in [0.05, 0.1) is 0 Å². The van der Waals surface area contributed by atoms with E-state index in [9.17, 15) is 14.4 Å². The van der Waals surface area contributed by atoms with Crippen molar-refractivity contribution >= 4 is 17.9 Å². The molecule has 0 aromatic carbocycles. The van der Waals surface area contributed by atoms with Crippen molar-refractivity contribution in [1.82, 2.24) is 0 Å². The van der Waals surface area contributed by atoms with E-state index >= 15 is 0 Å². The summed E-state index contributed by atoms with van der Waals surface area (Å²) in [5.74, 6) is -0.885. The Morgan fingerprint density at radius 2 is 0.562 bits per heavy atom. The Kier molecular flexibility index (Phi) is 51.3. The van der Waals surface area contributed by atoms with Crippen molar-refractivity contribution in [2.75, 3.05) is 13.2 Å². The molecule has 0 N–H and O–H groups in total. The minimum Gasteiger partial charge on any atom is -0.462 e. The lowest BCUT2D eigenvalue weighted by Gasteiger charge is -2.18. The first-order chi connectivity index (χ1) is 31.5. The predicted octanol–water partition coefficient (Wildman–Crippen LogP) is 18.5. The highest BCUT2D eigenvalue weighted by Crippen LogP contribution is 2.16. The summed E-state index contributed by atoms with van der Waals surface area (Å²) in [6.45, 7) is 6.55. The monoisotopic (exact) mass is 899 g/mol. The maximum absolute atomic E-state index is 12.7. The van der Waals surface area contributed by atoms with Gasteiger partial charge in [-0.05, 0) is 77.0 Å². The molecule has 0 aromatic heterocycles. The molecule has 374 valence electrons. The van der Waals surface area contributed by atoms with Gasteiger partial charge in [0.2, 0.25) is 0 Å². The van der Waals surface area contributed by atoms with Crippen molar-refractivity contribution < 1.29 is 28.6 Å². The Bertz CT molecular complexity index is 1080. The van der Waals surface area contributed by atoms with Gasteiger partial charge in [-0.3, -0.25) is 14.4 Å². The highest BCUT2D eigenvalue weighted by molar-refractivity contribution is 5.71. The second-order valence-electron chi connectivity index (χ2n) is 18.8. The first-order valence-electron chi connectivity index (χ1n) is 28.0. The molecule has 0 rings (SSSR count). The first-order valence-corrected chi connectivity index (χ1v) is 28.0. The fourth-order valence-corrected chi connectivity index (χ4v) is 8.12. The van der Waals surface area contributed by atoms with Crippen LogP contribution in [0.3, 0.4) is 0 Å². The number of ether oxygens (including phenoxy) is 3. The highest BCUT2D eigenvalue weighted by atomic mass is 16.6. The van der Waals surface area contributed by atoms with Crippen LogP contribution in [-0.2, 0) is 28.6 Å². The predicted molar refractivity (Wildman–Crippen MR) is 275 cm³/mol. The van der Waals surface area contributed by atoms with E-state index in [1.165, 1.54) is 180 Å². The Morgan fingerprint density at radius 3 is 0.875 bits per heavy atom.